The second kappa shape index (κ2) is 5.95. The van der Waals surface area contributed by atoms with Crippen molar-refractivity contribution < 1.29 is 19.2 Å². The van der Waals surface area contributed by atoms with E-state index in [1.54, 1.807) is 24.3 Å². The fourth-order valence-corrected chi connectivity index (χ4v) is 6.22. The SMILES string of the molecule is O=C1[C@H]2[C@@H](C(=O)N1Cc1ccccc1)C1(C(=O)c3ccccc3C1=O)N1CCC[C@@H]21. The molecule has 4 aliphatic rings. The molecule has 3 fully saturated rings. The molecule has 0 unspecified atom stereocenters. The third kappa shape index (κ3) is 1.92. The van der Waals surface area contributed by atoms with Crippen LogP contribution in [0.2, 0.25) is 0 Å². The molecule has 2 amide bonds. The van der Waals surface area contributed by atoms with Crippen molar-refractivity contribution in [2.24, 2.45) is 11.8 Å². The van der Waals surface area contributed by atoms with Crippen LogP contribution in [0, 0.1) is 11.8 Å². The Labute approximate surface area is 173 Å². The molecule has 6 heteroatoms. The van der Waals surface area contributed by atoms with Crippen LogP contribution in [-0.4, -0.2) is 51.3 Å². The summed E-state index contributed by atoms with van der Waals surface area (Å²) in [5.41, 5.74) is 0.0308. The lowest BCUT2D eigenvalue weighted by Gasteiger charge is -2.35. The van der Waals surface area contributed by atoms with Crippen LogP contribution in [0.1, 0.15) is 39.1 Å². The Morgan fingerprint density at radius 3 is 2.13 bits per heavy atom. The average Bonchev–Trinajstić information content (AvgIpc) is 3.46. The molecule has 3 aliphatic heterocycles. The number of carbonyl (C=O) groups is 4. The van der Waals surface area contributed by atoms with E-state index in [0.717, 1.165) is 18.4 Å². The van der Waals surface area contributed by atoms with Crippen LogP contribution >= 0.6 is 0 Å². The molecule has 0 aromatic heterocycles. The molecule has 1 spiro atoms. The van der Waals surface area contributed by atoms with E-state index >= 15 is 0 Å². The van der Waals surface area contributed by atoms with Gasteiger partial charge >= 0.3 is 0 Å². The van der Waals surface area contributed by atoms with Crippen LogP contribution < -0.4 is 0 Å². The highest BCUT2D eigenvalue weighted by molar-refractivity contribution is 6.35. The molecular weight excluding hydrogens is 380 g/mol. The van der Waals surface area contributed by atoms with Gasteiger partial charge in [-0.05, 0) is 24.9 Å². The first-order valence-electron chi connectivity index (χ1n) is 10.4. The summed E-state index contributed by atoms with van der Waals surface area (Å²) in [7, 11) is 0. The van der Waals surface area contributed by atoms with Crippen LogP contribution in [0.4, 0.5) is 0 Å². The molecule has 0 N–H and O–H groups in total. The Bertz CT molecular complexity index is 1090. The van der Waals surface area contributed by atoms with Crippen molar-refractivity contribution in [1.29, 1.82) is 0 Å². The third-order valence-electron chi connectivity index (χ3n) is 7.35. The van der Waals surface area contributed by atoms with Gasteiger partial charge in [0.25, 0.3) is 0 Å². The number of ketones is 2. The minimum atomic E-state index is -1.56. The highest BCUT2D eigenvalue weighted by atomic mass is 16.2. The normalized spacial score (nSPS) is 29.1. The summed E-state index contributed by atoms with van der Waals surface area (Å²) in [6.45, 7) is 0.728. The molecule has 0 saturated carbocycles. The molecule has 30 heavy (non-hydrogen) atoms. The first-order chi connectivity index (χ1) is 14.6. The van der Waals surface area contributed by atoms with Crippen LogP contribution in [0.15, 0.2) is 54.6 Å². The third-order valence-corrected chi connectivity index (χ3v) is 7.35. The number of fused-ring (bicyclic) bond motifs is 6. The Morgan fingerprint density at radius 1 is 0.833 bits per heavy atom. The second-order valence-corrected chi connectivity index (χ2v) is 8.62. The monoisotopic (exact) mass is 400 g/mol. The van der Waals surface area contributed by atoms with Crippen molar-refractivity contribution in [2.45, 2.75) is 31.0 Å². The highest BCUT2D eigenvalue weighted by Crippen LogP contribution is 2.56. The zero-order valence-corrected chi connectivity index (χ0v) is 16.3. The molecule has 2 aromatic carbocycles. The van der Waals surface area contributed by atoms with Gasteiger partial charge in [-0.25, -0.2) is 0 Å². The van der Waals surface area contributed by atoms with Crippen LogP contribution in [-0.2, 0) is 16.1 Å². The Morgan fingerprint density at radius 2 is 1.47 bits per heavy atom. The Balaban J connectivity index is 1.49. The molecule has 6 rings (SSSR count). The molecule has 0 bridgehead atoms. The van der Waals surface area contributed by atoms with E-state index in [0.29, 0.717) is 17.7 Å². The number of hydrogen-bond acceptors (Lipinski definition) is 5. The summed E-state index contributed by atoms with van der Waals surface area (Å²) in [4.78, 5) is 57.6. The number of hydrogen-bond donors (Lipinski definition) is 0. The van der Waals surface area contributed by atoms with Gasteiger partial charge in [-0.2, -0.15) is 0 Å². The highest BCUT2D eigenvalue weighted by Gasteiger charge is 2.76. The van der Waals surface area contributed by atoms with E-state index in [1.807, 2.05) is 35.2 Å². The van der Waals surface area contributed by atoms with Gasteiger partial charge in [0.15, 0.2) is 17.1 Å². The summed E-state index contributed by atoms with van der Waals surface area (Å²) >= 11 is 0. The molecule has 0 radical (unpaired) electrons. The van der Waals surface area contributed by atoms with E-state index in [1.165, 1.54) is 4.90 Å². The zero-order valence-electron chi connectivity index (χ0n) is 16.3. The van der Waals surface area contributed by atoms with E-state index in [4.69, 9.17) is 0 Å². The number of Topliss-reactive ketones (excluding diaryl/α,β-unsaturated/α-hetero) is 2. The lowest BCUT2D eigenvalue weighted by molar-refractivity contribution is -0.142. The van der Waals surface area contributed by atoms with Crippen molar-refractivity contribution in [3.8, 4) is 0 Å². The second-order valence-electron chi connectivity index (χ2n) is 8.62. The first kappa shape index (κ1) is 17.7. The lowest BCUT2D eigenvalue weighted by Crippen LogP contribution is -2.59. The number of likely N-dealkylation sites (tertiary alicyclic amines) is 1. The van der Waals surface area contributed by atoms with Crippen molar-refractivity contribution in [3.05, 3.63) is 71.3 Å². The molecule has 3 atom stereocenters. The van der Waals surface area contributed by atoms with Crippen molar-refractivity contribution >= 4 is 23.4 Å². The molecule has 6 nitrogen and oxygen atoms in total. The quantitative estimate of drug-likeness (QED) is 0.570. The maximum atomic E-state index is 13.7. The van der Waals surface area contributed by atoms with Crippen molar-refractivity contribution in [1.82, 2.24) is 9.80 Å². The Kier molecular flexibility index (Phi) is 3.51. The lowest BCUT2D eigenvalue weighted by atomic mass is 9.76. The molecule has 3 heterocycles. The fraction of sp³-hybridized carbons (Fsp3) is 0.333. The maximum Gasteiger partial charge on any atom is 0.236 e. The van der Waals surface area contributed by atoms with E-state index in [-0.39, 0.29) is 30.1 Å². The van der Waals surface area contributed by atoms with E-state index < -0.39 is 23.3 Å². The predicted molar refractivity (Wildman–Crippen MR) is 107 cm³/mol. The zero-order chi connectivity index (χ0) is 20.6. The first-order valence-corrected chi connectivity index (χ1v) is 10.4. The van der Waals surface area contributed by atoms with Crippen molar-refractivity contribution in [2.75, 3.05) is 6.54 Å². The van der Waals surface area contributed by atoms with Gasteiger partial charge in [-0.1, -0.05) is 54.6 Å². The largest absolute Gasteiger partial charge is 0.291 e. The molecule has 2 aromatic rings. The number of amides is 2. The predicted octanol–water partition coefficient (Wildman–Crippen LogP) is 2.08. The summed E-state index contributed by atoms with van der Waals surface area (Å²) in [6.07, 6.45) is 1.53. The smallest absolute Gasteiger partial charge is 0.236 e. The van der Waals surface area contributed by atoms with Gasteiger partial charge < -0.3 is 0 Å². The fourth-order valence-electron chi connectivity index (χ4n) is 6.22. The standard InChI is InChI=1S/C24H20N2O4/c27-20-15-9-4-5-10-16(15)21(28)24(20)19-18(17-11-6-12-26(17)24)22(29)25(23(19)30)13-14-7-2-1-3-8-14/h1-5,7-10,17-19H,6,11-13H2/t17-,18+,19-/m0/s1. The number of benzene rings is 2. The van der Waals surface area contributed by atoms with Gasteiger partial charge in [0.1, 0.15) is 0 Å². The summed E-state index contributed by atoms with van der Waals surface area (Å²) in [5.74, 6) is -2.84. The van der Waals surface area contributed by atoms with Gasteiger partial charge in [0, 0.05) is 17.2 Å². The minimum absolute atomic E-state index is 0.170. The number of rotatable bonds is 2. The summed E-state index contributed by atoms with van der Waals surface area (Å²) in [6, 6.07) is 15.9. The summed E-state index contributed by atoms with van der Waals surface area (Å²) < 4.78 is 0. The molecule has 1 aliphatic carbocycles. The minimum Gasteiger partial charge on any atom is -0.291 e. The Hall–Kier alpha value is -3.12. The maximum absolute atomic E-state index is 13.7. The van der Waals surface area contributed by atoms with Gasteiger partial charge in [0.05, 0.1) is 18.4 Å². The van der Waals surface area contributed by atoms with Crippen LogP contribution in [0.5, 0.6) is 0 Å². The van der Waals surface area contributed by atoms with Gasteiger partial charge in [0.2, 0.25) is 11.8 Å². The van der Waals surface area contributed by atoms with Crippen molar-refractivity contribution in [3.63, 3.8) is 0 Å². The number of imide groups is 1. The van der Waals surface area contributed by atoms with Gasteiger partial charge in [-0.15, -0.1) is 0 Å². The average molecular weight is 400 g/mol. The number of carbonyl (C=O) groups excluding carboxylic acids is 4. The summed E-state index contributed by atoms with van der Waals surface area (Å²) in [5, 5.41) is 0. The topological polar surface area (TPSA) is 74.8 Å². The van der Waals surface area contributed by atoms with E-state index in [2.05, 4.69) is 0 Å². The molecule has 150 valence electrons. The van der Waals surface area contributed by atoms with Crippen LogP contribution in [0.25, 0.3) is 0 Å². The van der Waals surface area contributed by atoms with E-state index in [9.17, 15) is 19.2 Å². The number of nitrogens with zero attached hydrogens (tertiary/aromatic N) is 2. The van der Waals surface area contributed by atoms with Gasteiger partial charge in [-0.3, -0.25) is 29.0 Å². The molecular formula is C24H20N2O4. The van der Waals surface area contributed by atoms with Crippen LogP contribution in [0.3, 0.4) is 0 Å². The molecule has 3 saturated heterocycles.